The van der Waals surface area contributed by atoms with Gasteiger partial charge >= 0.3 is 0 Å². The fourth-order valence-electron chi connectivity index (χ4n) is 4.04. The van der Waals surface area contributed by atoms with Crippen LogP contribution in [0.2, 0.25) is 0 Å². The molecule has 2 atom stereocenters. The summed E-state index contributed by atoms with van der Waals surface area (Å²) in [6, 6.07) is 6.48. The van der Waals surface area contributed by atoms with Crippen LogP contribution in [0.25, 0.3) is 10.9 Å². The van der Waals surface area contributed by atoms with E-state index >= 15 is 0 Å². The quantitative estimate of drug-likeness (QED) is 0.743. The molecule has 0 N–H and O–H groups in total. The van der Waals surface area contributed by atoms with Gasteiger partial charge in [-0.15, -0.1) is 0 Å². The molecular weight excluding hydrogens is 306 g/mol. The van der Waals surface area contributed by atoms with Gasteiger partial charge in [0.1, 0.15) is 6.10 Å². The van der Waals surface area contributed by atoms with Crippen molar-refractivity contribution in [3.8, 4) is 0 Å². The van der Waals surface area contributed by atoms with E-state index in [1.54, 1.807) is 0 Å². The lowest BCUT2D eigenvalue weighted by Crippen LogP contribution is -2.39. The van der Waals surface area contributed by atoms with Gasteiger partial charge in [0.05, 0.1) is 24.4 Å². The standard InChI is InChI=1S/C15H14BrNO2/c16-12-5-1-3-10-11-4-2-6-15-14(11)17(13(10)12)7-9(19-15)8-18-15/h1,3,5,9H,2,4,6-8H2. The zero-order chi connectivity index (χ0) is 12.6. The molecule has 4 heteroatoms. The summed E-state index contributed by atoms with van der Waals surface area (Å²) in [4.78, 5) is 0. The average Bonchev–Trinajstić information content (AvgIpc) is 2.90. The second-order valence-electron chi connectivity index (χ2n) is 5.73. The van der Waals surface area contributed by atoms with Crippen molar-refractivity contribution in [3.63, 3.8) is 0 Å². The van der Waals surface area contributed by atoms with Crippen LogP contribution in [0.4, 0.5) is 0 Å². The molecule has 3 nitrogen and oxygen atoms in total. The van der Waals surface area contributed by atoms with Gasteiger partial charge in [-0.05, 0) is 40.4 Å². The second kappa shape index (κ2) is 3.43. The maximum Gasteiger partial charge on any atom is 0.211 e. The predicted molar refractivity (Wildman–Crippen MR) is 75.1 cm³/mol. The molecule has 1 aliphatic carbocycles. The molecule has 0 amide bonds. The molecule has 3 aliphatic rings. The number of fused-ring (bicyclic) bond motifs is 4. The van der Waals surface area contributed by atoms with Crippen molar-refractivity contribution in [1.29, 1.82) is 0 Å². The number of para-hydroxylation sites is 1. The van der Waals surface area contributed by atoms with Crippen molar-refractivity contribution in [2.24, 2.45) is 0 Å². The van der Waals surface area contributed by atoms with Gasteiger partial charge in [0.15, 0.2) is 0 Å². The maximum absolute atomic E-state index is 6.20. The maximum atomic E-state index is 6.20. The van der Waals surface area contributed by atoms with Gasteiger partial charge in [0, 0.05) is 16.3 Å². The molecule has 0 saturated carbocycles. The number of nitrogens with zero attached hydrogens (tertiary/aromatic N) is 1. The Kier molecular flexibility index (Phi) is 1.96. The Balaban J connectivity index is 1.96. The highest BCUT2D eigenvalue weighted by atomic mass is 79.9. The monoisotopic (exact) mass is 319 g/mol. The third-order valence-electron chi connectivity index (χ3n) is 4.68. The minimum atomic E-state index is -0.449. The molecule has 2 aliphatic heterocycles. The van der Waals surface area contributed by atoms with Crippen molar-refractivity contribution >= 4 is 26.8 Å². The molecule has 2 aromatic rings. The summed E-state index contributed by atoms with van der Waals surface area (Å²) in [5.74, 6) is -0.449. The largest absolute Gasteiger partial charge is 0.342 e. The van der Waals surface area contributed by atoms with E-state index in [1.807, 2.05) is 0 Å². The van der Waals surface area contributed by atoms with E-state index in [4.69, 9.17) is 9.47 Å². The third kappa shape index (κ3) is 1.21. The molecule has 2 unspecified atom stereocenters. The smallest absolute Gasteiger partial charge is 0.211 e. The van der Waals surface area contributed by atoms with Gasteiger partial charge in [0.2, 0.25) is 5.79 Å². The fourth-order valence-corrected chi connectivity index (χ4v) is 4.62. The SMILES string of the molecule is Brc1cccc2c3c4n(c12)CC1COC4(CCC3)O1. The first kappa shape index (κ1) is 10.9. The zero-order valence-corrected chi connectivity index (χ0v) is 12.1. The summed E-state index contributed by atoms with van der Waals surface area (Å²) in [5, 5.41) is 1.36. The van der Waals surface area contributed by atoms with Crippen molar-refractivity contribution in [2.75, 3.05) is 6.61 Å². The van der Waals surface area contributed by atoms with Crippen LogP contribution in [-0.4, -0.2) is 17.3 Å². The van der Waals surface area contributed by atoms with E-state index in [9.17, 15) is 0 Å². The topological polar surface area (TPSA) is 23.4 Å². The molecule has 1 aromatic heterocycles. The molecule has 1 fully saturated rings. The Morgan fingerprint density at radius 1 is 1.37 bits per heavy atom. The highest BCUT2D eigenvalue weighted by Gasteiger charge is 2.52. The molecule has 1 saturated heterocycles. The summed E-state index contributed by atoms with van der Waals surface area (Å²) in [7, 11) is 0. The lowest BCUT2D eigenvalue weighted by atomic mass is 9.90. The molecule has 19 heavy (non-hydrogen) atoms. The summed E-state index contributed by atoms with van der Waals surface area (Å²) in [5.41, 5.74) is 4.04. The Morgan fingerprint density at radius 3 is 3.26 bits per heavy atom. The number of halogens is 1. The fraction of sp³-hybridized carbons (Fsp3) is 0.467. The first-order chi connectivity index (χ1) is 9.28. The number of rotatable bonds is 0. The zero-order valence-electron chi connectivity index (χ0n) is 10.5. The number of aromatic nitrogens is 1. The molecule has 5 rings (SSSR count). The Hall–Kier alpha value is -0.840. The van der Waals surface area contributed by atoms with E-state index in [0.29, 0.717) is 0 Å². The summed E-state index contributed by atoms with van der Waals surface area (Å²) in [6.45, 7) is 1.64. The molecule has 98 valence electrons. The van der Waals surface area contributed by atoms with Gasteiger partial charge in [-0.1, -0.05) is 12.1 Å². The third-order valence-corrected chi connectivity index (χ3v) is 5.32. The van der Waals surface area contributed by atoms with Gasteiger partial charge in [-0.2, -0.15) is 0 Å². The van der Waals surface area contributed by atoms with E-state index in [2.05, 4.69) is 38.7 Å². The van der Waals surface area contributed by atoms with Gasteiger partial charge in [0.25, 0.3) is 0 Å². The molecule has 2 bridgehead atoms. The average molecular weight is 320 g/mol. The molecule has 1 spiro atoms. The summed E-state index contributed by atoms with van der Waals surface area (Å²) in [6.07, 6.45) is 3.48. The molecular formula is C15H14BrNO2. The van der Waals surface area contributed by atoms with Crippen molar-refractivity contribution < 1.29 is 9.47 Å². The second-order valence-corrected chi connectivity index (χ2v) is 6.59. The number of hydrogen-bond acceptors (Lipinski definition) is 2. The minimum Gasteiger partial charge on any atom is -0.342 e. The predicted octanol–water partition coefficient (Wildman–Crippen LogP) is 3.32. The summed E-state index contributed by atoms with van der Waals surface area (Å²) < 4.78 is 15.9. The minimum absolute atomic E-state index is 0.209. The van der Waals surface area contributed by atoms with E-state index in [1.165, 1.54) is 26.6 Å². The highest BCUT2D eigenvalue weighted by molar-refractivity contribution is 9.10. The number of ether oxygens (including phenoxy) is 2. The number of benzene rings is 1. The molecule has 1 aromatic carbocycles. The lowest BCUT2D eigenvalue weighted by Gasteiger charge is -2.37. The van der Waals surface area contributed by atoms with Crippen molar-refractivity contribution in [3.05, 3.63) is 33.9 Å². The normalized spacial score (nSPS) is 31.7. The Morgan fingerprint density at radius 2 is 2.32 bits per heavy atom. The highest BCUT2D eigenvalue weighted by Crippen LogP contribution is 2.51. The van der Waals surface area contributed by atoms with Crippen LogP contribution in [0.15, 0.2) is 22.7 Å². The lowest BCUT2D eigenvalue weighted by molar-refractivity contribution is -0.201. The van der Waals surface area contributed by atoms with Crippen molar-refractivity contribution in [2.45, 2.75) is 37.7 Å². The van der Waals surface area contributed by atoms with Crippen LogP contribution in [0.5, 0.6) is 0 Å². The molecule has 3 heterocycles. The van der Waals surface area contributed by atoms with Gasteiger partial charge in [-0.3, -0.25) is 0 Å². The van der Waals surface area contributed by atoms with E-state index in [0.717, 1.165) is 32.4 Å². The molecule has 0 radical (unpaired) electrons. The van der Waals surface area contributed by atoms with Crippen LogP contribution < -0.4 is 0 Å². The Bertz CT molecular complexity index is 704. The van der Waals surface area contributed by atoms with Crippen LogP contribution in [0.1, 0.15) is 24.1 Å². The van der Waals surface area contributed by atoms with E-state index < -0.39 is 5.79 Å². The van der Waals surface area contributed by atoms with Gasteiger partial charge in [-0.25, -0.2) is 0 Å². The van der Waals surface area contributed by atoms with Crippen LogP contribution >= 0.6 is 15.9 Å². The van der Waals surface area contributed by atoms with E-state index in [-0.39, 0.29) is 6.10 Å². The summed E-state index contributed by atoms with van der Waals surface area (Å²) >= 11 is 3.71. The van der Waals surface area contributed by atoms with Crippen LogP contribution in [-0.2, 0) is 28.2 Å². The Labute approximate surface area is 119 Å². The first-order valence-corrected chi connectivity index (χ1v) is 7.70. The first-order valence-electron chi connectivity index (χ1n) is 6.90. The number of hydrogen-bond donors (Lipinski definition) is 0. The van der Waals surface area contributed by atoms with Crippen LogP contribution in [0.3, 0.4) is 0 Å². The van der Waals surface area contributed by atoms with Gasteiger partial charge < -0.3 is 14.0 Å². The number of aryl methyl sites for hydroxylation is 1. The van der Waals surface area contributed by atoms with Crippen molar-refractivity contribution in [1.82, 2.24) is 4.57 Å². The van der Waals surface area contributed by atoms with Crippen LogP contribution in [0, 0.1) is 0 Å².